The van der Waals surface area contributed by atoms with Crippen molar-refractivity contribution in [2.45, 2.75) is 25.2 Å². The molecule has 2 atom stereocenters. The number of carbonyl (C=O) groups excluding carboxylic acids is 1. The number of hydrogen-bond donors (Lipinski definition) is 0. The second-order valence-corrected chi connectivity index (χ2v) is 4.24. The molecule has 0 amide bonds. The SMILES string of the molecule is CCOC(=O)C1N=COC1c1ccc(F)cc1C(F)(F)F. The van der Waals surface area contributed by atoms with Crippen molar-refractivity contribution in [1.82, 2.24) is 0 Å². The largest absolute Gasteiger partial charge is 0.473 e. The van der Waals surface area contributed by atoms with E-state index in [0.29, 0.717) is 6.07 Å². The van der Waals surface area contributed by atoms with Crippen molar-refractivity contribution in [3.05, 3.63) is 35.1 Å². The zero-order chi connectivity index (χ0) is 15.6. The maximum Gasteiger partial charge on any atom is 0.416 e. The molecule has 1 aromatic rings. The summed E-state index contributed by atoms with van der Waals surface area (Å²) < 4.78 is 61.7. The van der Waals surface area contributed by atoms with E-state index in [-0.39, 0.29) is 12.2 Å². The van der Waals surface area contributed by atoms with E-state index in [0.717, 1.165) is 18.5 Å². The minimum Gasteiger partial charge on any atom is -0.473 e. The van der Waals surface area contributed by atoms with E-state index in [1.54, 1.807) is 6.92 Å². The highest BCUT2D eigenvalue weighted by Crippen LogP contribution is 2.39. The first-order chi connectivity index (χ1) is 9.84. The van der Waals surface area contributed by atoms with E-state index in [2.05, 4.69) is 4.99 Å². The first kappa shape index (κ1) is 15.3. The molecule has 0 radical (unpaired) electrons. The molecule has 4 nitrogen and oxygen atoms in total. The number of rotatable bonds is 3. The number of aliphatic imine (C=N–C) groups is 1. The molecular formula is C13H11F4NO3. The minimum atomic E-state index is -4.78. The summed E-state index contributed by atoms with van der Waals surface area (Å²) in [5.74, 6) is -1.83. The van der Waals surface area contributed by atoms with Crippen LogP contribution in [0.15, 0.2) is 23.2 Å². The molecule has 0 N–H and O–H groups in total. The van der Waals surface area contributed by atoms with Crippen LogP contribution in [0.25, 0.3) is 0 Å². The first-order valence-corrected chi connectivity index (χ1v) is 6.05. The van der Waals surface area contributed by atoms with Gasteiger partial charge in [0, 0.05) is 5.56 Å². The standard InChI is InChI=1S/C13H11F4NO3/c1-2-20-12(19)10-11(21-6-18-10)8-4-3-7(14)5-9(8)13(15,16)17/h3-6,10-11H,2H2,1H3. The van der Waals surface area contributed by atoms with Gasteiger partial charge in [-0.3, -0.25) is 0 Å². The highest BCUT2D eigenvalue weighted by Gasteiger charge is 2.42. The van der Waals surface area contributed by atoms with Gasteiger partial charge in [0.1, 0.15) is 5.82 Å². The van der Waals surface area contributed by atoms with Crippen molar-refractivity contribution >= 4 is 12.4 Å². The number of alkyl halides is 3. The van der Waals surface area contributed by atoms with Gasteiger partial charge in [-0.25, -0.2) is 14.2 Å². The second kappa shape index (κ2) is 5.71. The van der Waals surface area contributed by atoms with Crippen LogP contribution in [0.1, 0.15) is 24.2 Å². The van der Waals surface area contributed by atoms with Crippen molar-refractivity contribution in [3.8, 4) is 0 Å². The number of esters is 1. The molecule has 1 aliphatic heterocycles. The summed E-state index contributed by atoms with van der Waals surface area (Å²) in [7, 11) is 0. The van der Waals surface area contributed by atoms with Gasteiger partial charge >= 0.3 is 12.1 Å². The summed E-state index contributed by atoms with van der Waals surface area (Å²) in [6, 6.07) is 0.925. The molecule has 0 saturated heterocycles. The van der Waals surface area contributed by atoms with Gasteiger partial charge < -0.3 is 9.47 Å². The summed E-state index contributed by atoms with van der Waals surface area (Å²) in [6.07, 6.45) is -5.17. The lowest BCUT2D eigenvalue weighted by molar-refractivity contribution is -0.147. The average Bonchev–Trinajstić information content (AvgIpc) is 2.87. The third-order valence-corrected chi connectivity index (χ3v) is 2.87. The Hall–Kier alpha value is -2.12. The van der Waals surface area contributed by atoms with Gasteiger partial charge in [-0.05, 0) is 19.1 Å². The van der Waals surface area contributed by atoms with E-state index in [9.17, 15) is 22.4 Å². The van der Waals surface area contributed by atoms with Gasteiger partial charge in [0.05, 0.1) is 12.2 Å². The monoisotopic (exact) mass is 305 g/mol. The third kappa shape index (κ3) is 3.14. The fraction of sp³-hybridized carbons (Fsp3) is 0.385. The smallest absolute Gasteiger partial charge is 0.416 e. The van der Waals surface area contributed by atoms with E-state index in [1.807, 2.05) is 0 Å². The number of halogens is 4. The Morgan fingerprint density at radius 1 is 1.43 bits per heavy atom. The molecule has 0 saturated carbocycles. The van der Waals surface area contributed by atoms with E-state index in [4.69, 9.17) is 9.47 Å². The highest BCUT2D eigenvalue weighted by molar-refractivity contribution is 5.80. The van der Waals surface area contributed by atoms with Crippen LogP contribution in [-0.4, -0.2) is 25.0 Å². The molecule has 1 heterocycles. The van der Waals surface area contributed by atoms with Gasteiger partial charge in [-0.15, -0.1) is 0 Å². The lowest BCUT2D eigenvalue weighted by Gasteiger charge is -2.20. The van der Waals surface area contributed by atoms with E-state index >= 15 is 0 Å². The first-order valence-electron chi connectivity index (χ1n) is 6.05. The van der Waals surface area contributed by atoms with Gasteiger partial charge in [0.2, 0.25) is 0 Å². The Labute approximate surface area is 117 Å². The highest BCUT2D eigenvalue weighted by atomic mass is 19.4. The molecule has 0 aliphatic carbocycles. The Morgan fingerprint density at radius 2 is 2.14 bits per heavy atom. The molecule has 2 unspecified atom stereocenters. The van der Waals surface area contributed by atoms with Crippen LogP contribution in [0.3, 0.4) is 0 Å². The number of carbonyl (C=O) groups is 1. The number of nitrogens with zero attached hydrogens (tertiary/aromatic N) is 1. The lowest BCUT2D eigenvalue weighted by Crippen LogP contribution is -2.28. The summed E-state index contributed by atoms with van der Waals surface area (Å²) in [4.78, 5) is 15.4. The molecule has 2 rings (SSSR count). The predicted octanol–water partition coefficient (Wildman–Crippen LogP) is 2.88. The molecule has 1 aliphatic rings. The zero-order valence-electron chi connectivity index (χ0n) is 10.9. The number of ether oxygens (including phenoxy) is 2. The average molecular weight is 305 g/mol. The molecule has 0 aromatic heterocycles. The third-order valence-electron chi connectivity index (χ3n) is 2.87. The Bertz CT molecular complexity index is 571. The molecule has 114 valence electrons. The predicted molar refractivity (Wildman–Crippen MR) is 64.1 cm³/mol. The van der Waals surface area contributed by atoms with E-state index in [1.165, 1.54) is 0 Å². The van der Waals surface area contributed by atoms with Crippen LogP contribution >= 0.6 is 0 Å². The molecule has 0 fully saturated rings. The number of benzene rings is 1. The Balaban J connectivity index is 2.40. The quantitative estimate of drug-likeness (QED) is 0.637. The maximum absolute atomic E-state index is 13.1. The summed E-state index contributed by atoms with van der Waals surface area (Å²) in [5.41, 5.74) is -1.56. The van der Waals surface area contributed by atoms with Crippen molar-refractivity contribution in [3.63, 3.8) is 0 Å². The van der Waals surface area contributed by atoms with Gasteiger partial charge in [-0.1, -0.05) is 6.07 Å². The molecule has 0 spiro atoms. The molecular weight excluding hydrogens is 294 g/mol. The second-order valence-electron chi connectivity index (χ2n) is 4.24. The fourth-order valence-corrected chi connectivity index (χ4v) is 2.00. The van der Waals surface area contributed by atoms with Crippen LogP contribution in [0.4, 0.5) is 17.6 Å². The van der Waals surface area contributed by atoms with Crippen LogP contribution in [0, 0.1) is 5.82 Å². The van der Waals surface area contributed by atoms with Gasteiger partial charge in [0.15, 0.2) is 18.5 Å². The van der Waals surface area contributed by atoms with Crippen LogP contribution in [0.2, 0.25) is 0 Å². The Morgan fingerprint density at radius 3 is 2.76 bits per heavy atom. The summed E-state index contributed by atoms with van der Waals surface area (Å²) in [6.45, 7) is 1.62. The topological polar surface area (TPSA) is 47.9 Å². The van der Waals surface area contributed by atoms with Crippen LogP contribution in [-0.2, 0) is 20.4 Å². The Kier molecular flexibility index (Phi) is 4.15. The minimum absolute atomic E-state index is 0.0626. The van der Waals surface area contributed by atoms with E-state index < -0.39 is 35.7 Å². The zero-order valence-corrected chi connectivity index (χ0v) is 10.9. The van der Waals surface area contributed by atoms with Gasteiger partial charge in [0.25, 0.3) is 0 Å². The number of hydrogen-bond acceptors (Lipinski definition) is 4. The van der Waals surface area contributed by atoms with Crippen molar-refractivity contribution in [2.24, 2.45) is 4.99 Å². The van der Waals surface area contributed by atoms with Crippen molar-refractivity contribution < 1.29 is 31.8 Å². The summed E-state index contributed by atoms with van der Waals surface area (Å²) in [5, 5.41) is 0. The van der Waals surface area contributed by atoms with Gasteiger partial charge in [-0.2, -0.15) is 13.2 Å². The summed E-state index contributed by atoms with van der Waals surface area (Å²) >= 11 is 0. The molecule has 0 bridgehead atoms. The lowest BCUT2D eigenvalue weighted by atomic mass is 9.97. The normalized spacial score (nSPS) is 21.2. The molecule has 21 heavy (non-hydrogen) atoms. The van der Waals surface area contributed by atoms with Crippen LogP contribution in [0.5, 0.6) is 0 Å². The molecule has 1 aromatic carbocycles. The van der Waals surface area contributed by atoms with Crippen molar-refractivity contribution in [2.75, 3.05) is 6.61 Å². The fourth-order valence-electron chi connectivity index (χ4n) is 2.00. The molecule has 8 heteroatoms. The van der Waals surface area contributed by atoms with Crippen LogP contribution < -0.4 is 0 Å². The maximum atomic E-state index is 13.1. The van der Waals surface area contributed by atoms with Crippen molar-refractivity contribution in [1.29, 1.82) is 0 Å².